The highest BCUT2D eigenvalue weighted by atomic mass is 16.5. The number of hydrogen-bond donors (Lipinski definition) is 1. The Labute approximate surface area is 255 Å². The van der Waals surface area contributed by atoms with E-state index in [1.807, 2.05) is 0 Å². The Kier molecular flexibility index (Phi) is 31.7. The molecular weight excluding hydrogens is 508 g/mol. The highest BCUT2D eigenvalue weighted by Crippen LogP contribution is 2.18. The molecule has 0 aliphatic heterocycles. The normalized spacial score (nSPS) is 12.1. The predicted octanol–water partition coefficient (Wildman–Crippen LogP) is 11.9. The van der Waals surface area contributed by atoms with E-state index in [0.717, 1.165) is 19.3 Å². The first-order valence-electron chi connectivity index (χ1n) is 17.8. The molecule has 4 heteroatoms. The van der Waals surface area contributed by atoms with Gasteiger partial charge in [-0.05, 0) is 32.1 Å². The smallest absolute Gasteiger partial charge is 0.309 e. The van der Waals surface area contributed by atoms with Crippen molar-refractivity contribution in [3.05, 3.63) is 24.8 Å². The molecule has 0 aromatic rings. The van der Waals surface area contributed by atoms with Gasteiger partial charge < -0.3 is 9.84 Å². The minimum absolute atomic E-state index is 0.144. The van der Waals surface area contributed by atoms with Crippen LogP contribution in [0.2, 0.25) is 0 Å². The molecule has 1 unspecified atom stereocenters. The van der Waals surface area contributed by atoms with Gasteiger partial charge in [-0.15, -0.1) is 0 Å². The van der Waals surface area contributed by atoms with Crippen LogP contribution in [0.5, 0.6) is 0 Å². The van der Waals surface area contributed by atoms with Gasteiger partial charge in [0.2, 0.25) is 0 Å². The highest BCUT2D eigenvalue weighted by Gasteiger charge is 2.22. The quantitative estimate of drug-likeness (QED) is 0.0479. The molecule has 4 nitrogen and oxygen atoms in total. The second-order valence-electron chi connectivity index (χ2n) is 12.2. The van der Waals surface area contributed by atoms with E-state index in [2.05, 4.69) is 25.7 Å². The van der Waals surface area contributed by atoms with Gasteiger partial charge in [0, 0.05) is 0 Å². The summed E-state index contributed by atoms with van der Waals surface area (Å²) in [6, 6.07) is 0. The second kappa shape index (κ2) is 32.9. The molecule has 240 valence electrons. The van der Waals surface area contributed by atoms with Crippen molar-refractivity contribution in [2.75, 3.05) is 6.61 Å². The lowest BCUT2D eigenvalue weighted by Crippen LogP contribution is -2.21. The summed E-state index contributed by atoms with van der Waals surface area (Å²) in [7, 11) is 0. The Morgan fingerprint density at radius 1 is 0.610 bits per heavy atom. The fourth-order valence-electron chi connectivity index (χ4n) is 5.53. The predicted molar refractivity (Wildman–Crippen MR) is 176 cm³/mol. The van der Waals surface area contributed by atoms with Crippen molar-refractivity contribution in [2.24, 2.45) is 5.92 Å². The molecule has 0 aliphatic carbocycles. The molecular formula is C37H68O4. The Hall–Kier alpha value is -1.58. The number of carboxylic acid groups (broad SMARTS) is 1. The maximum Gasteiger partial charge on any atom is 0.309 e. The first-order chi connectivity index (χ1) is 20.1. The summed E-state index contributed by atoms with van der Waals surface area (Å²) >= 11 is 0. The lowest BCUT2D eigenvalue weighted by Gasteiger charge is -2.13. The van der Waals surface area contributed by atoms with Gasteiger partial charge in [-0.2, -0.15) is 0 Å². The molecule has 0 spiro atoms. The fraction of sp³-hybridized carbons (Fsp3) is 0.838. The number of rotatable bonds is 33. The van der Waals surface area contributed by atoms with Gasteiger partial charge in [0.1, 0.15) is 6.61 Å². The van der Waals surface area contributed by atoms with Crippen molar-refractivity contribution >= 4 is 11.9 Å². The van der Waals surface area contributed by atoms with E-state index in [-0.39, 0.29) is 13.0 Å². The van der Waals surface area contributed by atoms with Crippen LogP contribution in [0.25, 0.3) is 0 Å². The van der Waals surface area contributed by atoms with Crippen LogP contribution < -0.4 is 0 Å². The molecule has 0 aliphatic rings. The minimum atomic E-state index is -0.943. The number of carbonyl (C=O) groups is 2. The first kappa shape index (κ1) is 39.4. The zero-order chi connectivity index (χ0) is 30.1. The summed E-state index contributed by atoms with van der Waals surface area (Å²) in [5, 5.41) is 9.03. The molecule has 1 atom stereocenters. The number of hydrogen-bond acceptors (Lipinski definition) is 3. The van der Waals surface area contributed by atoms with Crippen LogP contribution in [0.15, 0.2) is 24.8 Å². The Bertz CT molecular complexity index is 612. The molecule has 41 heavy (non-hydrogen) atoms. The van der Waals surface area contributed by atoms with Gasteiger partial charge >= 0.3 is 11.9 Å². The van der Waals surface area contributed by atoms with E-state index in [9.17, 15) is 9.59 Å². The molecule has 0 saturated carbocycles. The zero-order valence-corrected chi connectivity index (χ0v) is 27.2. The maximum atomic E-state index is 12.0. The van der Waals surface area contributed by atoms with Crippen LogP contribution in [-0.4, -0.2) is 23.7 Å². The summed E-state index contributed by atoms with van der Waals surface area (Å²) in [6.45, 7) is 5.96. The van der Waals surface area contributed by atoms with E-state index in [1.54, 1.807) is 0 Å². The molecule has 0 fully saturated rings. The molecule has 0 amide bonds. The van der Waals surface area contributed by atoms with Gasteiger partial charge in [-0.3, -0.25) is 9.59 Å². The summed E-state index contributed by atoms with van der Waals surface area (Å²) in [4.78, 5) is 23.0. The van der Waals surface area contributed by atoms with Crippen LogP contribution in [0, 0.1) is 5.92 Å². The van der Waals surface area contributed by atoms with Crippen molar-refractivity contribution in [1.29, 1.82) is 0 Å². The Balaban J connectivity index is 3.35. The van der Waals surface area contributed by atoms with Crippen molar-refractivity contribution < 1.29 is 19.4 Å². The van der Waals surface area contributed by atoms with E-state index >= 15 is 0 Å². The van der Waals surface area contributed by atoms with Crippen molar-refractivity contribution in [3.8, 4) is 0 Å². The average molecular weight is 577 g/mol. The molecule has 0 aromatic heterocycles. The third-order valence-corrected chi connectivity index (χ3v) is 8.16. The summed E-state index contributed by atoms with van der Waals surface area (Å²) in [6.07, 6.45) is 41.5. The number of aliphatic carboxylic acids is 1. The van der Waals surface area contributed by atoms with Crippen molar-refractivity contribution in [1.82, 2.24) is 0 Å². The average Bonchev–Trinajstić information content (AvgIpc) is 2.96. The lowest BCUT2D eigenvalue weighted by atomic mass is 9.97. The number of ether oxygens (including phenoxy) is 1. The zero-order valence-electron chi connectivity index (χ0n) is 27.2. The lowest BCUT2D eigenvalue weighted by molar-refractivity contribution is -0.152. The summed E-state index contributed by atoms with van der Waals surface area (Å²) in [5.74, 6) is -1.89. The molecule has 0 saturated heterocycles. The largest absolute Gasteiger partial charge is 0.481 e. The third kappa shape index (κ3) is 31.2. The third-order valence-electron chi connectivity index (χ3n) is 8.16. The van der Waals surface area contributed by atoms with E-state index in [1.165, 1.54) is 154 Å². The number of carboxylic acids is 1. The minimum Gasteiger partial charge on any atom is -0.481 e. The molecule has 0 radical (unpaired) electrons. The summed E-state index contributed by atoms with van der Waals surface area (Å²) < 4.78 is 5.04. The van der Waals surface area contributed by atoms with E-state index < -0.39 is 17.9 Å². The van der Waals surface area contributed by atoms with Gasteiger partial charge in [-0.25, -0.2) is 0 Å². The van der Waals surface area contributed by atoms with Crippen molar-refractivity contribution in [3.63, 3.8) is 0 Å². The SMILES string of the molecule is C=CCOC(=O)C(CCCCCCCCCCC/C=C/CCCCCCCCCCCCCCCCC)CC(=O)O. The van der Waals surface area contributed by atoms with Gasteiger partial charge in [-0.1, -0.05) is 173 Å². The van der Waals surface area contributed by atoms with Crippen LogP contribution in [-0.2, 0) is 14.3 Å². The van der Waals surface area contributed by atoms with Crippen LogP contribution >= 0.6 is 0 Å². The maximum absolute atomic E-state index is 12.0. The first-order valence-corrected chi connectivity index (χ1v) is 17.8. The Morgan fingerprint density at radius 2 is 0.976 bits per heavy atom. The van der Waals surface area contributed by atoms with Crippen LogP contribution in [0.3, 0.4) is 0 Å². The van der Waals surface area contributed by atoms with E-state index in [4.69, 9.17) is 9.84 Å². The van der Waals surface area contributed by atoms with Crippen LogP contribution in [0.1, 0.15) is 187 Å². The topological polar surface area (TPSA) is 63.6 Å². The number of esters is 1. The van der Waals surface area contributed by atoms with Crippen molar-refractivity contribution in [2.45, 2.75) is 187 Å². The van der Waals surface area contributed by atoms with Gasteiger partial charge in [0.05, 0.1) is 12.3 Å². The van der Waals surface area contributed by atoms with Gasteiger partial charge in [0.15, 0.2) is 0 Å². The number of carbonyl (C=O) groups excluding carboxylic acids is 1. The molecule has 0 aromatic carbocycles. The number of allylic oxidation sites excluding steroid dienone is 2. The fourth-order valence-corrected chi connectivity index (χ4v) is 5.53. The summed E-state index contributed by atoms with van der Waals surface area (Å²) in [5.41, 5.74) is 0. The monoisotopic (exact) mass is 577 g/mol. The van der Waals surface area contributed by atoms with Crippen LogP contribution in [0.4, 0.5) is 0 Å². The highest BCUT2D eigenvalue weighted by molar-refractivity contribution is 5.79. The van der Waals surface area contributed by atoms with Gasteiger partial charge in [0.25, 0.3) is 0 Å². The molecule has 0 bridgehead atoms. The molecule has 1 N–H and O–H groups in total. The molecule has 0 heterocycles. The number of unbranched alkanes of at least 4 members (excludes halogenated alkanes) is 24. The van der Waals surface area contributed by atoms with E-state index in [0.29, 0.717) is 6.42 Å². The second-order valence-corrected chi connectivity index (χ2v) is 12.2. The Morgan fingerprint density at radius 3 is 1.34 bits per heavy atom. The standard InChI is InChI=1S/C37H68O4/c1-3-5-6-7-8-9-10-11-12-13-14-15-16-17-18-19-20-21-22-23-24-25-26-27-28-29-30-31-32-35(34-36(38)39)37(40)41-33-4-2/h4,20-21,35H,2-3,5-19,22-34H2,1H3,(H,38,39)/b21-20+. The molecule has 0 rings (SSSR count).